The standard InChI is InChI=1S/C29H32F2N6O4S/c1-5-34-27(37-11-10-21(17-37)35-28(38)41-29(2,3)4)23-13-18(6-8-25(23)32)19-12-22(16-33-15-19)36-42(39,40)26-9-7-20(30)14-24(26)31/h5-9,12-16,21,36H,1,10-11,17,32H2,2-4H3,(H,35,38)/t21-/m1/s1. The number of hydrogen-bond donors (Lipinski definition) is 3. The number of sulfonamides is 1. The van der Waals surface area contributed by atoms with Crippen molar-refractivity contribution in [2.24, 2.45) is 4.99 Å². The molecule has 1 saturated heterocycles. The summed E-state index contributed by atoms with van der Waals surface area (Å²) in [5.41, 5.74) is 8.05. The van der Waals surface area contributed by atoms with E-state index in [0.29, 0.717) is 53.8 Å². The number of pyridine rings is 1. The normalized spacial score (nSPS) is 15.8. The summed E-state index contributed by atoms with van der Waals surface area (Å²) in [7, 11) is -4.36. The van der Waals surface area contributed by atoms with Gasteiger partial charge in [0.2, 0.25) is 0 Å². The third kappa shape index (κ3) is 7.40. The van der Waals surface area contributed by atoms with E-state index in [1.807, 2.05) is 4.90 Å². The van der Waals surface area contributed by atoms with E-state index in [1.54, 1.807) is 39.0 Å². The zero-order valence-corrected chi connectivity index (χ0v) is 24.2. The molecule has 4 rings (SSSR count). The summed E-state index contributed by atoms with van der Waals surface area (Å²) < 4.78 is 60.6. The molecular weight excluding hydrogens is 566 g/mol. The number of likely N-dealkylation sites (tertiary alicyclic amines) is 1. The molecule has 13 heteroatoms. The van der Waals surface area contributed by atoms with Crippen molar-refractivity contribution in [2.45, 2.75) is 43.7 Å². The number of alkyl carbamates (subject to hydrolysis) is 1. The number of hydrogen-bond acceptors (Lipinski definition) is 7. The Morgan fingerprint density at radius 2 is 1.93 bits per heavy atom. The molecule has 10 nitrogen and oxygen atoms in total. The molecule has 0 saturated carbocycles. The lowest BCUT2D eigenvalue weighted by molar-refractivity contribution is 0.0507. The molecule has 2 heterocycles. The number of carbonyl (C=O) groups excluding carboxylic acids is 1. The number of benzene rings is 2. The average molecular weight is 599 g/mol. The highest BCUT2D eigenvalue weighted by atomic mass is 32.2. The van der Waals surface area contributed by atoms with Crippen LogP contribution in [0.2, 0.25) is 0 Å². The number of nitrogens with zero attached hydrogens (tertiary/aromatic N) is 3. The first-order valence-corrected chi connectivity index (χ1v) is 14.5. The maximum absolute atomic E-state index is 14.2. The van der Waals surface area contributed by atoms with Crippen molar-refractivity contribution in [2.75, 3.05) is 23.5 Å². The van der Waals surface area contributed by atoms with Crippen LogP contribution in [0.15, 0.2) is 77.5 Å². The average Bonchev–Trinajstić information content (AvgIpc) is 3.34. The van der Waals surface area contributed by atoms with Gasteiger partial charge < -0.3 is 20.7 Å². The molecule has 0 radical (unpaired) electrons. The van der Waals surface area contributed by atoms with Crippen LogP contribution in [0.25, 0.3) is 11.1 Å². The van der Waals surface area contributed by atoms with Gasteiger partial charge in [0.1, 0.15) is 28.0 Å². The minimum Gasteiger partial charge on any atom is -0.444 e. The van der Waals surface area contributed by atoms with Crippen molar-refractivity contribution in [3.63, 3.8) is 0 Å². The van der Waals surface area contributed by atoms with Crippen molar-refractivity contribution < 1.29 is 26.7 Å². The maximum atomic E-state index is 14.2. The number of nitrogen functional groups attached to an aromatic ring is 1. The number of ether oxygens (including phenoxy) is 1. The summed E-state index contributed by atoms with van der Waals surface area (Å²) in [6, 6.07) is 8.81. The second-order valence-corrected chi connectivity index (χ2v) is 12.3. The highest BCUT2D eigenvalue weighted by molar-refractivity contribution is 7.92. The third-order valence-corrected chi connectivity index (χ3v) is 7.64. The van der Waals surface area contributed by atoms with Gasteiger partial charge >= 0.3 is 6.09 Å². The van der Waals surface area contributed by atoms with Crippen molar-refractivity contribution >= 4 is 33.3 Å². The van der Waals surface area contributed by atoms with Gasteiger partial charge in [0, 0.05) is 48.4 Å². The largest absolute Gasteiger partial charge is 0.444 e. The number of nitrogens with one attached hydrogen (secondary N) is 2. The molecule has 0 unspecified atom stereocenters. The van der Waals surface area contributed by atoms with E-state index in [-0.39, 0.29) is 11.7 Å². The number of rotatable bonds is 7. The lowest BCUT2D eigenvalue weighted by Gasteiger charge is -2.24. The van der Waals surface area contributed by atoms with Gasteiger partial charge in [-0.1, -0.05) is 12.6 Å². The van der Waals surface area contributed by atoms with E-state index in [9.17, 15) is 22.0 Å². The summed E-state index contributed by atoms with van der Waals surface area (Å²) in [6.45, 7) is 10.2. The Labute approximate surface area is 243 Å². The second kappa shape index (κ2) is 12.1. The lowest BCUT2D eigenvalue weighted by atomic mass is 10.0. The topological polar surface area (TPSA) is 139 Å². The van der Waals surface area contributed by atoms with Crippen molar-refractivity contribution in [1.82, 2.24) is 15.2 Å². The van der Waals surface area contributed by atoms with Gasteiger partial charge in [-0.25, -0.2) is 27.0 Å². The van der Waals surface area contributed by atoms with Crippen LogP contribution in [0, 0.1) is 11.6 Å². The van der Waals surface area contributed by atoms with Crippen LogP contribution in [0.3, 0.4) is 0 Å². The molecule has 1 aliphatic heterocycles. The van der Waals surface area contributed by atoms with Gasteiger partial charge in [0.05, 0.1) is 17.9 Å². The Bertz CT molecular complexity index is 1640. The first-order valence-electron chi connectivity index (χ1n) is 13.0. The Morgan fingerprint density at radius 3 is 2.62 bits per heavy atom. The van der Waals surface area contributed by atoms with Gasteiger partial charge in [0.15, 0.2) is 0 Å². The Balaban J connectivity index is 1.57. The van der Waals surface area contributed by atoms with E-state index in [4.69, 9.17) is 10.5 Å². The van der Waals surface area contributed by atoms with Crippen LogP contribution in [-0.4, -0.2) is 55.0 Å². The zero-order valence-electron chi connectivity index (χ0n) is 23.4. The Kier molecular flexibility index (Phi) is 8.81. The molecule has 1 aliphatic rings. The van der Waals surface area contributed by atoms with E-state index in [2.05, 4.69) is 26.6 Å². The number of amidine groups is 1. The molecule has 1 aromatic heterocycles. The van der Waals surface area contributed by atoms with E-state index >= 15 is 0 Å². The van der Waals surface area contributed by atoms with Gasteiger partial charge in [0.25, 0.3) is 10.0 Å². The van der Waals surface area contributed by atoms with Gasteiger partial charge in [-0.05, 0) is 63.1 Å². The molecule has 42 heavy (non-hydrogen) atoms. The van der Waals surface area contributed by atoms with Gasteiger partial charge in [-0.15, -0.1) is 0 Å². The van der Waals surface area contributed by atoms with Crippen molar-refractivity contribution in [3.8, 4) is 11.1 Å². The fraction of sp³-hybridized carbons (Fsp3) is 0.276. The summed E-state index contributed by atoms with van der Waals surface area (Å²) in [4.78, 5) is 22.2. The number of anilines is 2. The number of carbonyl (C=O) groups is 1. The molecule has 222 valence electrons. The third-order valence-electron chi connectivity index (χ3n) is 6.22. The Hall–Kier alpha value is -4.52. The highest BCUT2D eigenvalue weighted by Gasteiger charge is 2.29. The van der Waals surface area contributed by atoms with Crippen LogP contribution in [0.4, 0.5) is 25.0 Å². The smallest absolute Gasteiger partial charge is 0.407 e. The molecule has 1 amide bonds. The Morgan fingerprint density at radius 1 is 1.17 bits per heavy atom. The molecular formula is C29H32F2N6O4S. The van der Waals surface area contributed by atoms with Crippen LogP contribution in [0.5, 0.6) is 0 Å². The fourth-order valence-electron chi connectivity index (χ4n) is 4.44. The first-order chi connectivity index (χ1) is 19.8. The summed E-state index contributed by atoms with van der Waals surface area (Å²) in [6.07, 6.45) is 4.38. The number of nitrogens with two attached hydrogens (primary N) is 1. The minimum atomic E-state index is -4.36. The SMILES string of the molecule is C=CN=C(c1cc(-c2cncc(NS(=O)(=O)c3ccc(F)cc3F)c2)ccc1N)N1CC[C@@H](NC(=O)OC(C)(C)C)C1. The lowest BCUT2D eigenvalue weighted by Crippen LogP contribution is -2.41. The number of amides is 1. The maximum Gasteiger partial charge on any atom is 0.407 e. The van der Waals surface area contributed by atoms with Crippen LogP contribution in [0.1, 0.15) is 32.8 Å². The number of aromatic nitrogens is 1. The van der Waals surface area contributed by atoms with Crippen LogP contribution < -0.4 is 15.8 Å². The van der Waals surface area contributed by atoms with Crippen LogP contribution >= 0.6 is 0 Å². The summed E-state index contributed by atoms with van der Waals surface area (Å²) in [5, 5.41) is 2.89. The van der Waals surface area contributed by atoms with E-state index in [0.717, 1.165) is 12.1 Å². The summed E-state index contributed by atoms with van der Waals surface area (Å²) >= 11 is 0. The second-order valence-electron chi connectivity index (χ2n) is 10.7. The quantitative estimate of drug-likeness (QED) is 0.200. The van der Waals surface area contributed by atoms with Crippen molar-refractivity contribution in [1.29, 1.82) is 0 Å². The molecule has 1 atom stereocenters. The van der Waals surface area contributed by atoms with E-state index < -0.39 is 38.2 Å². The summed E-state index contributed by atoms with van der Waals surface area (Å²) in [5.74, 6) is -1.55. The molecule has 0 bridgehead atoms. The molecule has 0 aliphatic carbocycles. The van der Waals surface area contributed by atoms with E-state index in [1.165, 1.54) is 24.7 Å². The van der Waals surface area contributed by atoms with Gasteiger partial charge in [-0.2, -0.15) is 0 Å². The monoisotopic (exact) mass is 598 g/mol. The predicted octanol–water partition coefficient (Wildman–Crippen LogP) is 4.90. The van der Waals surface area contributed by atoms with Crippen molar-refractivity contribution in [3.05, 3.63) is 84.8 Å². The highest BCUT2D eigenvalue weighted by Crippen LogP contribution is 2.29. The van der Waals surface area contributed by atoms with Gasteiger partial charge in [-0.3, -0.25) is 9.71 Å². The molecule has 0 spiro atoms. The first kappa shape index (κ1) is 30.4. The number of aliphatic imine (C=N–C) groups is 1. The molecule has 1 fully saturated rings. The van der Waals surface area contributed by atoms with Crippen LogP contribution in [-0.2, 0) is 14.8 Å². The molecule has 2 aromatic carbocycles. The minimum absolute atomic E-state index is 0.0742. The molecule has 3 aromatic rings. The number of halogens is 2. The zero-order chi connectivity index (χ0) is 30.7. The molecule has 4 N–H and O–H groups in total. The fourth-order valence-corrected chi connectivity index (χ4v) is 5.53. The predicted molar refractivity (Wildman–Crippen MR) is 157 cm³/mol.